The smallest absolute Gasteiger partial charge is 0.310 e. The van der Waals surface area contributed by atoms with E-state index in [1.807, 2.05) is 0 Å². The molecule has 0 aromatic rings. The number of carbonyl (C=O) groups is 1. The molecule has 4 atom stereocenters. The molecule has 0 saturated heterocycles. The van der Waals surface area contributed by atoms with Crippen LogP contribution in [0.15, 0.2) is 12.2 Å². The number of alkyl halides is 1. The summed E-state index contributed by atoms with van der Waals surface area (Å²) in [5.41, 5.74) is 0. The lowest BCUT2D eigenvalue weighted by Gasteiger charge is -2.19. The van der Waals surface area contributed by atoms with Crippen molar-refractivity contribution in [3.63, 3.8) is 0 Å². The zero-order valence-corrected chi connectivity index (χ0v) is 7.62. The Balaban J connectivity index is 2.18. The van der Waals surface area contributed by atoms with Crippen molar-refractivity contribution in [1.29, 1.82) is 0 Å². The number of methoxy groups -OCH3 is 1. The first-order chi connectivity index (χ1) is 5.74. The van der Waals surface area contributed by atoms with Crippen molar-refractivity contribution in [3.8, 4) is 0 Å². The molecule has 12 heavy (non-hydrogen) atoms. The second-order valence-corrected chi connectivity index (χ2v) is 3.95. The van der Waals surface area contributed by atoms with Gasteiger partial charge in [-0.15, -0.1) is 11.6 Å². The van der Waals surface area contributed by atoms with E-state index >= 15 is 0 Å². The zero-order valence-electron chi connectivity index (χ0n) is 6.87. The van der Waals surface area contributed by atoms with Crippen LogP contribution in [0, 0.1) is 17.8 Å². The highest BCUT2D eigenvalue weighted by Gasteiger charge is 2.47. The van der Waals surface area contributed by atoms with Crippen molar-refractivity contribution >= 4 is 17.6 Å². The maximum atomic E-state index is 11.3. The largest absolute Gasteiger partial charge is 0.469 e. The van der Waals surface area contributed by atoms with Gasteiger partial charge in [0, 0.05) is 0 Å². The van der Waals surface area contributed by atoms with Crippen LogP contribution in [0.4, 0.5) is 0 Å². The van der Waals surface area contributed by atoms with Gasteiger partial charge in [-0.2, -0.15) is 0 Å². The summed E-state index contributed by atoms with van der Waals surface area (Å²) in [7, 11) is 1.42. The van der Waals surface area contributed by atoms with Crippen LogP contribution >= 0.6 is 11.6 Å². The number of esters is 1. The second kappa shape index (κ2) is 2.77. The minimum atomic E-state index is -0.160. The molecule has 0 aromatic heterocycles. The number of allylic oxidation sites excluding steroid dienone is 2. The summed E-state index contributed by atoms with van der Waals surface area (Å²) in [6.45, 7) is 0. The van der Waals surface area contributed by atoms with E-state index in [1.54, 1.807) is 0 Å². The molecule has 2 aliphatic carbocycles. The molecule has 1 fully saturated rings. The van der Waals surface area contributed by atoms with Crippen LogP contribution in [0.25, 0.3) is 0 Å². The van der Waals surface area contributed by atoms with Crippen LogP contribution in [0.5, 0.6) is 0 Å². The molecule has 0 unspecified atom stereocenters. The first-order valence-electron chi connectivity index (χ1n) is 4.14. The van der Waals surface area contributed by atoms with Crippen molar-refractivity contribution in [1.82, 2.24) is 0 Å². The van der Waals surface area contributed by atoms with E-state index in [9.17, 15) is 4.79 Å². The van der Waals surface area contributed by atoms with Gasteiger partial charge in [0.2, 0.25) is 0 Å². The zero-order chi connectivity index (χ0) is 8.72. The fourth-order valence-corrected chi connectivity index (χ4v) is 2.68. The quantitative estimate of drug-likeness (QED) is 0.353. The molecule has 2 rings (SSSR count). The summed E-state index contributed by atoms with van der Waals surface area (Å²) in [6, 6.07) is 0. The highest BCUT2D eigenvalue weighted by molar-refractivity contribution is 6.22. The first kappa shape index (κ1) is 8.11. The Labute approximate surface area is 76.5 Å². The molecule has 2 aliphatic rings. The Bertz CT molecular complexity index is 237. The third kappa shape index (κ3) is 0.977. The van der Waals surface area contributed by atoms with Gasteiger partial charge in [-0.25, -0.2) is 0 Å². The number of halogens is 1. The Kier molecular flexibility index (Phi) is 1.87. The van der Waals surface area contributed by atoms with Crippen LogP contribution in [-0.2, 0) is 9.53 Å². The summed E-state index contributed by atoms with van der Waals surface area (Å²) < 4.78 is 4.70. The molecular formula is C9H11ClO2. The minimum Gasteiger partial charge on any atom is -0.469 e. The van der Waals surface area contributed by atoms with Crippen LogP contribution < -0.4 is 0 Å². The van der Waals surface area contributed by atoms with Crippen molar-refractivity contribution < 1.29 is 9.53 Å². The second-order valence-electron chi connectivity index (χ2n) is 3.44. The first-order valence-corrected chi connectivity index (χ1v) is 4.58. The summed E-state index contributed by atoms with van der Waals surface area (Å²) in [4.78, 5) is 11.3. The molecule has 0 radical (unpaired) electrons. The molecule has 66 valence electrons. The summed E-state index contributed by atoms with van der Waals surface area (Å²) in [6.07, 6.45) is 5.22. The molecule has 1 saturated carbocycles. The monoisotopic (exact) mass is 186 g/mol. The van der Waals surface area contributed by atoms with Gasteiger partial charge in [-0.05, 0) is 18.3 Å². The maximum absolute atomic E-state index is 11.3. The van der Waals surface area contributed by atoms with Crippen LogP contribution in [0.2, 0.25) is 0 Å². The van der Waals surface area contributed by atoms with E-state index in [0.29, 0.717) is 11.8 Å². The number of ether oxygens (including phenoxy) is 1. The fraction of sp³-hybridized carbons (Fsp3) is 0.667. The maximum Gasteiger partial charge on any atom is 0.310 e. The van der Waals surface area contributed by atoms with E-state index in [-0.39, 0.29) is 17.3 Å². The molecule has 0 N–H and O–H groups in total. The Morgan fingerprint density at radius 3 is 2.67 bits per heavy atom. The van der Waals surface area contributed by atoms with Gasteiger partial charge in [-0.3, -0.25) is 4.79 Å². The normalized spacial score (nSPS) is 43.5. The van der Waals surface area contributed by atoms with Gasteiger partial charge >= 0.3 is 5.97 Å². The van der Waals surface area contributed by atoms with Gasteiger partial charge in [0.25, 0.3) is 0 Å². The van der Waals surface area contributed by atoms with E-state index in [1.165, 1.54) is 7.11 Å². The third-order valence-electron chi connectivity index (χ3n) is 2.84. The van der Waals surface area contributed by atoms with Gasteiger partial charge in [0.05, 0.1) is 18.4 Å². The predicted octanol–water partition coefficient (Wildman–Crippen LogP) is 1.59. The topological polar surface area (TPSA) is 26.3 Å². The minimum absolute atomic E-state index is 0.0487. The van der Waals surface area contributed by atoms with Gasteiger partial charge < -0.3 is 4.74 Å². The van der Waals surface area contributed by atoms with Crippen LogP contribution in [0.1, 0.15) is 6.42 Å². The van der Waals surface area contributed by atoms with Crippen LogP contribution in [0.3, 0.4) is 0 Å². The number of carbonyl (C=O) groups excluding carboxylic acids is 1. The highest BCUT2D eigenvalue weighted by Crippen LogP contribution is 2.46. The lowest BCUT2D eigenvalue weighted by molar-refractivity contribution is -0.146. The average molecular weight is 187 g/mol. The molecule has 0 heterocycles. The lowest BCUT2D eigenvalue weighted by Crippen LogP contribution is -2.28. The number of hydrogen-bond donors (Lipinski definition) is 0. The van der Waals surface area contributed by atoms with Crippen molar-refractivity contribution in [2.45, 2.75) is 11.8 Å². The highest BCUT2D eigenvalue weighted by atomic mass is 35.5. The molecule has 2 bridgehead atoms. The SMILES string of the molecule is COC(=O)[C@@H]1[C@H](Cl)[C@H]2C=C[C@H]1C2. The fourth-order valence-electron chi connectivity index (χ4n) is 2.20. The van der Waals surface area contributed by atoms with Crippen molar-refractivity contribution in [3.05, 3.63) is 12.2 Å². The Morgan fingerprint density at radius 2 is 2.17 bits per heavy atom. The molecule has 0 aromatic carbocycles. The number of fused-ring (bicyclic) bond motifs is 2. The third-order valence-corrected chi connectivity index (χ3v) is 3.43. The number of rotatable bonds is 1. The standard InChI is InChI=1S/C9H11ClO2/c1-12-9(11)7-5-2-3-6(4-5)8(7)10/h2-3,5-8H,4H2,1H3/t5-,6-,7-,8+/m0/s1. The number of hydrogen-bond acceptors (Lipinski definition) is 2. The van der Waals surface area contributed by atoms with Crippen molar-refractivity contribution in [2.75, 3.05) is 7.11 Å². The van der Waals surface area contributed by atoms with Gasteiger partial charge in [0.15, 0.2) is 0 Å². The van der Waals surface area contributed by atoms with E-state index in [0.717, 1.165) is 6.42 Å². The molecule has 0 amide bonds. The average Bonchev–Trinajstić information content (AvgIpc) is 2.63. The molecule has 3 heteroatoms. The van der Waals surface area contributed by atoms with Crippen LogP contribution in [-0.4, -0.2) is 18.5 Å². The van der Waals surface area contributed by atoms with Gasteiger partial charge in [0.1, 0.15) is 0 Å². The lowest BCUT2D eigenvalue weighted by atomic mass is 9.93. The summed E-state index contributed by atoms with van der Waals surface area (Å²) in [5, 5.41) is -0.0487. The summed E-state index contributed by atoms with van der Waals surface area (Å²) >= 11 is 6.10. The van der Waals surface area contributed by atoms with Gasteiger partial charge in [-0.1, -0.05) is 12.2 Å². The van der Waals surface area contributed by atoms with E-state index < -0.39 is 0 Å². The molecule has 0 spiro atoms. The van der Waals surface area contributed by atoms with Crippen molar-refractivity contribution in [2.24, 2.45) is 17.8 Å². The Hall–Kier alpha value is -0.500. The molecule has 2 nitrogen and oxygen atoms in total. The van der Waals surface area contributed by atoms with E-state index in [2.05, 4.69) is 12.2 Å². The molecular weight excluding hydrogens is 176 g/mol. The summed E-state index contributed by atoms with van der Waals surface area (Å²) in [5.74, 6) is 0.448. The van der Waals surface area contributed by atoms with E-state index in [4.69, 9.17) is 16.3 Å². The molecule has 0 aliphatic heterocycles. The predicted molar refractivity (Wildman–Crippen MR) is 45.9 cm³/mol. The Morgan fingerprint density at radius 1 is 1.50 bits per heavy atom.